The van der Waals surface area contributed by atoms with Crippen molar-refractivity contribution in [2.75, 3.05) is 13.6 Å². The summed E-state index contributed by atoms with van der Waals surface area (Å²) < 4.78 is 1.65. The molecule has 18 heavy (non-hydrogen) atoms. The molecule has 0 bridgehead atoms. The third-order valence-electron chi connectivity index (χ3n) is 2.58. The monoisotopic (exact) mass is 246 g/mol. The van der Waals surface area contributed by atoms with Crippen molar-refractivity contribution in [3.8, 4) is 5.69 Å². The highest BCUT2D eigenvalue weighted by atomic mass is 16.6. The molecule has 0 radical (unpaired) electrons. The van der Waals surface area contributed by atoms with Gasteiger partial charge in [0.15, 0.2) is 0 Å². The van der Waals surface area contributed by atoms with Crippen LogP contribution in [0.1, 0.15) is 5.69 Å². The van der Waals surface area contributed by atoms with Gasteiger partial charge in [-0.2, -0.15) is 5.10 Å². The van der Waals surface area contributed by atoms with Crippen LogP contribution in [-0.2, 0) is 6.42 Å². The summed E-state index contributed by atoms with van der Waals surface area (Å²) >= 11 is 0. The fourth-order valence-electron chi connectivity index (χ4n) is 1.64. The molecule has 2 aromatic rings. The van der Waals surface area contributed by atoms with Gasteiger partial charge in [0.05, 0.1) is 16.3 Å². The smallest absolute Gasteiger partial charge is 0.271 e. The van der Waals surface area contributed by atoms with Crippen LogP contribution in [0, 0.1) is 10.1 Å². The summed E-state index contributed by atoms with van der Waals surface area (Å²) in [7, 11) is 1.89. The lowest BCUT2D eigenvalue weighted by atomic mass is 10.3. The number of aromatic nitrogens is 2. The van der Waals surface area contributed by atoms with Crippen molar-refractivity contribution in [3.63, 3.8) is 0 Å². The minimum absolute atomic E-state index is 0.0692. The molecule has 0 aliphatic rings. The molecule has 0 saturated heterocycles. The van der Waals surface area contributed by atoms with Crippen molar-refractivity contribution in [1.29, 1.82) is 0 Å². The van der Waals surface area contributed by atoms with E-state index in [1.807, 2.05) is 19.3 Å². The van der Waals surface area contributed by atoms with E-state index in [4.69, 9.17) is 0 Å². The van der Waals surface area contributed by atoms with Crippen molar-refractivity contribution >= 4 is 5.69 Å². The molecular weight excluding hydrogens is 232 g/mol. The summed E-state index contributed by atoms with van der Waals surface area (Å²) in [5, 5.41) is 18.1. The molecule has 94 valence electrons. The Balaban J connectivity index is 2.23. The minimum atomic E-state index is -0.408. The number of hydrogen-bond donors (Lipinski definition) is 1. The van der Waals surface area contributed by atoms with Crippen LogP contribution in [0.3, 0.4) is 0 Å². The van der Waals surface area contributed by atoms with E-state index in [0.29, 0.717) is 5.69 Å². The van der Waals surface area contributed by atoms with E-state index in [9.17, 15) is 10.1 Å². The molecule has 0 aliphatic carbocycles. The molecular formula is C12H14N4O2. The Hall–Kier alpha value is -2.21. The molecule has 6 nitrogen and oxygen atoms in total. The molecule has 0 saturated carbocycles. The van der Waals surface area contributed by atoms with Gasteiger partial charge in [-0.1, -0.05) is 6.07 Å². The SMILES string of the molecule is CNCCc1ccn(-c2cccc([N+](=O)[O-])c2)n1. The second-order valence-electron chi connectivity index (χ2n) is 3.88. The number of nitro benzene ring substituents is 1. The summed E-state index contributed by atoms with van der Waals surface area (Å²) in [5.74, 6) is 0. The summed E-state index contributed by atoms with van der Waals surface area (Å²) in [6.45, 7) is 0.853. The summed E-state index contributed by atoms with van der Waals surface area (Å²) in [4.78, 5) is 10.3. The Kier molecular flexibility index (Phi) is 3.69. The van der Waals surface area contributed by atoms with Crippen LogP contribution in [-0.4, -0.2) is 28.3 Å². The minimum Gasteiger partial charge on any atom is -0.319 e. The van der Waals surface area contributed by atoms with E-state index >= 15 is 0 Å². The van der Waals surface area contributed by atoms with Crippen LogP contribution in [0.15, 0.2) is 36.5 Å². The second-order valence-corrected chi connectivity index (χ2v) is 3.88. The van der Waals surface area contributed by atoms with Gasteiger partial charge in [0.1, 0.15) is 0 Å². The predicted molar refractivity (Wildman–Crippen MR) is 67.8 cm³/mol. The van der Waals surface area contributed by atoms with Crippen molar-refractivity contribution in [1.82, 2.24) is 15.1 Å². The number of non-ortho nitro benzene ring substituents is 1. The van der Waals surface area contributed by atoms with Crippen LogP contribution in [0.2, 0.25) is 0 Å². The fourth-order valence-corrected chi connectivity index (χ4v) is 1.64. The molecule has 0 unspecified atom stereocenters. The van der Waals surface area contributed by atoms with Gasteiger partial charge in [0.25, 0.3) is 5.69 Å². The maximum absolute atomic E-state index is 10.7. The number of nitrogens with one attached hydrogen (secondary N) is 1. The fraction of sp³-hybridized carbons (Fsp3) is 0.250. The first-order valence-electron chi connectivity index (χ1n) is 5.64. The summed E-state index contributed by atoms with van der Waals surface area (Å²) in [6, 6.07) is 8.34. The summed E-state index contributed by atoms with van der Waals surface area (Å²) in [5.41, 5.74) is 1.72. The molecule has 2 rings (SSSR count). The number of hydrogen-bond acceptors (Lipinski definition) is 4. The average molecular weight is 246 g/mol. The average Bonchev–Trinajstić information content (AvgIpc) is 2.85. The molecule has 0 amide bonds. The van der Waals surface area contributed by atoms with Crippen LogP contribution in [0.5, 0.6) is 0 Å². The van der Waals surface area contributed by atoms with Gasteiger partial charge in [0, 0.05) is 31.3 Å². The normalized spacial score (nSPS) is 10.5. The van der Waals surface area contributed by atoms with E-state index in [1.54, 1.807) is 16.8 Å². The van der Waals surface area contributed by atoms with Crippen LogP contribution >= 0.6 is 0 Å². The third-order valence-corrected chi connectivity index (χ3v) is 2.58. The molecule has 0 fully saturated rings. The van der Waals surface area contributed by atoms with Crippen LogP contribution < -0.4 is 5.32 Å². The lowest BCUT2D eigenvalue weighted by Gasteiger charge is -2.01. The third kappa shape index (κ3) is 2.72. The Morgan fingerprint density at radius 2 is 2.28 bits per heavy atom. The second kappa shape index (κ2) is 5.42. The molecule has 1 N–H and O–H groups in total. The Morgan fingerprint density at radius 3 is 3.00 bits per heavy atom. The Bertz CT molecular complexity index is 551. The van der Waals surface area contributed by atoms with Crippen LogP contribution in [0.25, 0.3) is 5.69 Å². The van der Waals surface area contributed by atoms with Crippen molar-refractivity contribution in [3.05, 3.63) is 52.3 Å². The predicted octanol–water partition coefficient (Wildman–Crippen LogP) is 1.54. The lowest BCUT2D eigenvalue weighted by molar-refractivity contribution is -0.384. The zero-order chi connectivity index (χ0) is 13.0. The zero-order valence-corrected chi connectivity index (χ0v) is 10.0. The molecule has 0 aliphatic heterocycles. The highest BCUT2D eigenvalue weighted by Crippen LogP contribution is 2.16. The van der Waals surface area contributed by atoms with Crippen molar-refractivity contribution < 1.29 is 4.92 Å². The largest absolute Gasteiger partial charge is 0.319 e. The number of likely N-dealkylation sites (N-methyl/N-ethyl adjacent to an activating group) is 1. The molecule has 1 heterocycles. The van der Waals surface area contributed by atoms with Gasteiger partial charge >= 0.3 is 0 Å². The van der Waals surface area contributed by atoms with E-state index in [0.717, 1.165) is 18.7 Å². The highest BCUT2D eigenvalue weighted by molar-refractivity contribution is 5.42. The van der Waals surface area contributed by atoms with Gasteiger partial charge < -0.3 is 5.32 Å². The molecule has 0 atom stereocenters. The molecule has 1 aromatic carbocycles. The van der Waals surface area contributed by atoms with E-state index in [1.165, 1.54) is 12.1 Å². The number of rotatable bonds is 5. The first kappa shape index (κ1) is 12.3. The molecule has 6 heteroatoms. The Labute approximate surface area is 104 Å². The molecule has 1 aromatic heterocycles. The van der Waals surface area contributed by atoms with Crippen LogP contribution in [0.4, 0.5) is 5.69 Å². The summed E-state index contributed by atoms with van der Waals surface area (Å²) in [6.07, 6.45) is 2.64. The molecule has 0 spiro atoms. The standard InChI is InChI=1S/C12H14N4O2/c1-13-7-5-10-6-8-15(14-10)11-3-2-4-12(9-11)16(17)18/h2-4,6,8-9,13H,5,7H2,1H3. The lowest BCUT2D eigenvalue weighted by Crippen LogP contribution is -2.10. The van der Waals surface area contributed by atoms with Gasteiger partial charge in [-0.25, -0.2) is 4.68 Å². The zero-order valence-electron chi connectivity index (χ0n) is 10.0. The van der Waals surface area contributed by atoms with Crippen molar-refractivity contribution in [2.45, 2.75) is 6.42 Å². The van der Waals surface area contributed by atoms with Gasteiger partial charge in [-0.05, 0) is 19.2 Å². The van der Waals surface area contributed by atoms with Gasteiger partial charge in [0.2, 0.25) is 0 Å². The first-order valence-corrected chi connectivity index (χ1v) is 5.64. The quantitative estimate of drug-likeness (QED) is 0.641. The van der Waals surface area contributed by atoms with E-state index < -0.39 is 4.92 Å². The highest BCUT2D eigenvalue weighted by Gasteiger charge is 2.07. The van der Waals surface area contributed by atoms with E-state index in [-0.39, 0.29) is 5.69 Å². The topological polar surface area (TPSA) is 73.0 Å². The number of benzene rings is 1. The number of nitrogens with zero attached hydrogens (tertiary/aromatic N) is 3. The van der Waals surface area contributed by atoms with Gasteiger partial charge in [-0.15, -0.1) is 0 Å². The Morgan fingerprint density at radius 1 is 1.44 bits per heavy atom. The maximum atomic E-state index is 10.7. The maximum Gasteiger partial charge on any atom is 0.271 e. The van der Waals surface area contributed by atoms with Crippen molar-refractivity contribution in [2.24, 2.45) is 0 Å². The number of nitro groups is 1. The first-order chi connectivity index (χ1) is 8.70. The van der Waals surface area contributed by atoms with Gasteiger partial charge in [-0.3, -0.25) is 10.1 Å². The van der Waals surface area contributed by atoms with E-state index in [2.05, 4.69) is 10.4 Å².